The molecule has 0 spiro atoms. The summed E-state index contributed by atoms with van der Waals surface area (Å²) >= 11 is 0. The Balaban J connectivity index is 1.58. The number of aliphatic carboxylic acids is 1. The largest absolute Gasteiger partial charge is 0.480 e. The second kappa shape index (κ2) is 11.6. The van der Waals surface area contributed by atoms with Gasteiger partial charge in [-0.3, -0.25) is 14.4 Å². The Morgan fingerprint density at radius 2 is 1.83 bits per heavy atom. The fourth-order valence-corrected chi connectivity index (χ4v) is 3.61. The highest BCUT2D eigenvalue weighted by Gasteiger charge is 2.23. The minimum atomic E-state index is -1.19. The smallest absolute Gasteiger partial charge is 0.328 e. The van der Waals surface area contributed by atoms with Crippen LogP contribution in [0.2, 0.25) is 0 Å². The SMILES string of the molecule is COC(=O)[C@H](CCC(=O)NCC(=O)O)NC(=O)c1ccc(CCc2c[nH]c3nc(N)nc(N)c23)cc1. The van der Waals surface area contributed by atoms with E-state index in [2.05, 4.69) is 25.6 Å². The third-order valence-corrected chi connectivity index (χ3v) is 5.45. The first-order chi connectivity index (χ1) is 17.2. The standard InChI is InChI=1S/C23H27N7O6/c1-36-22(35)15(8-9-16(31)26-11-17(32)33)28-21(34)13-5-2-12(3-6-13)4-7-14-10-27-20-18(14)19(24)29-23(25)30-20/h2-3,5-6,10,15H,4,7-9,11H2,1H3,(H,26,31)(H,28,34)(H,32,33)(H5,24,25,27,29,30)/t15-/m0/s1. The first-order valence-electron chi connectivity index (χ1n) is 11.0. The molecule has 36 heavy (non-hydrogen) atoms. The molecule has 1 aromatic carbocycles. The minimum Gasteiger partial charge on any atom is -0.480 e. The third-order valence-electron chi connectivity index (χ3n) is 5.45. The number of nitrogens with one attached hydrogen (secondary N) is 3. The molecule has 0 unspecified atom stereocenters. The van der Waals surface area contributed by atoms with Crippen molar-refractivity contribution < 1.29 is 29.0 Å². The number of aromatic amines is 1. The number of carbonyl (C=O) groups is 4. The summed E-state index contributed by atoms with van der Waals surface area (Å²) in [5, 5.41) is 14.1. The molecule has 0 aliphatic heterocycles. The van der Waals surface area contributed by atoms with Gasteiger partial charge in [0.05, 0.1) is 12.5 Å². The van der Waals surface area contributed by atoms with Crippen LogP contribution in [-0.4, -0.2) is 63.5 Å². The van der Waals surface area contributed by atoms with Gasteiger partial charge in [0.2, 0.25) is 11.9 Å². The number of aromatic nitrogens is 3. The fourth-order valence-electron chi connectivity index (χ4n) is 3.61. The van der Waals surface area contributed by atoms with Crippen molar-refractivity contribution in [2.24, 2.45) is 0 Å². The molecule has 2 aromatic heterocycles. The number of methoxy groups -OCH3 is 1. The first kappa shape index (κ1) is 25.9. The molecule has 0 aliphatic carbocycles. The number of hydrogen-bond donors (Lipinski definition) is 6. The van der Waals surface area contributed by atoms with Crippen LogP contribution >= 0.6 is 0 Å². The van der Waals surface area contributed by atoms with Gasteiger partial charge < -0.3 is 36.9 Å². The molecule has 0 bridgehead atoms. The number of carboxylic acids is 1. The first-order valence-corrected chi connectivity index (χ1v) is 11.0. The summed E-state index contributed by atoms with van der Waals surface area (Å²) in [7, 11) is 1.17. The molecular formula is C23H27N7O6. The van der Waals surface area contributed by atoms with Crippen molar-refractivity contribution in [1.29, 1.82) is 0 Å². The zero-order valence-corrected chi connectivity index (χ0v) is 19.5. The van der Waals surface area contributed by atoms with Crippen molar-refractivity contribution in [2.75, 3.05) is 25.1 Å². The van der Waals surface area contributed by atoms with Gasteiger partial charge >= 0.3 is 11.9 Å². The summed E-state index contributed by atoms with van der Waals surface area (Å²) in [5.41, 5.74) is 14.4. The zero-order chi connectivity index (χ0) is 26.2. The lowest BCUT2D eigenvalue weighted by Gasteiger charge is -2.16. The average molecular weight is 498 g/mol. The number of nitrogens with zero attached hydrogens (tertiary/aromatic N) is 2. The molecule has 0 saturated carbocycles. The van der Waals surface area contributed by atoms with Crippen LogP contribution in [0.4, 0.5) is 11.8 Å². The zero-order valence-electron chi connectivity index (χ0n) is 19.5. The molecular weight excluding hydrogens is 470 g/mol. The molecule has 2 amide bonds. The Kier molecular flexibility index (Phi) is 8.39. The Morgan fingerprint density at radius 1 is 1.11 bits per heavy atom. The second-order valence-corrected chi connectivity index (χ2v) is 7.96. The minimum absolute atomic E-state index is 0.0505. The van der Waals surface area contributed by atoms with Crippen LogP contribution in [0.25, 0.3) is 11.0 Å². The highest BCUT2D eigenvalue weighted by molar-refractivity contribution is 5.97. The monoisotopic (exact) mass is 497 g/mol. The number of nitrogen functional groups attached to an aromatic ring is 2. The summed E-state index contributed by atoms with van der Waals surface area (Å²) in [6.07, 6.45) is 2.91. The molecule has 13 nitrogen and oxygen atoms in total. The van der Waals surface area contributed by atoms with E-state index in [1.54, 1.807) is 24.3 Å². The van der Waals surface area contributed by atoms with Crippen molar-refractivity contribution in [2.45, 2.75) is 31.7 Å². The number of esters is 1. The molecule has 3 aromatic rings. The van der Waals surface area contributed by atoms with Crippen LogP contribution in [-0.2, 0) is 32.0 Å². The second-order valence-electron chi connectivity index (χ2n) is 7.96. The van der Waals surface area contributed by atoms with Gasteiger partial charge in [-0.2, -0.15) is 9.97 Å². The molecule has 0 saturated heterocycles. The van der Waals surface area contributed by atoms with Crippen LogP contribution in [0.15, 0.2) is 30.5 Å². The number of carbonyl (C=O) groups excluding carboxylic acids is 3. The van der Waals surface area contributed by atoms with Crippen LogP contribution in [0.5, 0.6) is 0 Å². The molecule has 0 aliphatic rings. The van der Waals surface area contributed by atoms with Crippen molar-refractivity contribution in [3.63, 3.8) is 0 Å². The normalized spacial score (nSPS) is 11.6. The maximum atomic E-state index is 12.7. The van der Waals surface area contributed by atoms with Gasteiger partial charge in [0, 0.05) is 18.2 Å². The number of nitrogens with two attached hydrogens (primary N) is 2. The van der Waals surface area contributed by atoms with Crippen LogP contribution in [0.3, 0.4) is 0 Å². The number of rotatable bonds is 11. The highest BCUT2D eigenvalue weighted by atomic mass is 16.5. The molecule has 3 rings (SSSR count). The van der Waals surface area contributed by atoms with E-state index in [-0.39, 0.29) is 18.8 Å². The van der Waals surface area contributed by atoms with Gasteiger partial charge in [-0.25, -0.2) is 4.79 Å². The number of hydrogen-bond acceptors (Lipinski definition) is 9. The average Bonchev–Trinajstić information content (AvgIpc) is 3.26. The van der Waals surface area contributed by atoms with E-state index in [0.29, 0.717) is 29.9 Å². The van der Waals surface area contributed by atoms with E-state index in [4.69, 9.17) is 21.3 Å². The van der Waals surface area contributed by atoms with Crippen LogP contribution in [0.1, 0.15) is 34.3 Å². The summed E-state index contributed by atoms with van der Waals surface area (Å²) in [4.78, 5) is 58.2. The van der Waals surface area contributed by atoms with Gasteiger partial charge in [-0.15, -0.1) is 0 Å². The van der Waals surface area contributed by atoms with E-state index in [1.165, 1.54) is 7.11 Å². The number of H-pyrrole nitrogens is 1. The topological polar surface area (TPSA) is 215 Å². The third kappa shape index (κ3) is 6.68. The highest BCUT2D eigenvalue weighted by Crippen LogP contribution is 2.24. The Morgan fingerprint density at radius 3 is 2.50 bits per heavy atom. The van der Waals surface area contributed by atoms with Crippen LogP contribution in [0, 0.1) is 0 Å². The Labute approximate surface area is 205 Å². The number of fused-ring (bicyclic) bond motifs is 1. The van der Waals surface area contributed by atoms with Gasteiger partial charge in [-0.1, -0.05) is 12.1 Å². The summed E-state index contributed by atoms with van der Waals surface area (Å²) < 4.78 is 4.70. The number of benzene rings is 1. The maximum absolute atomic E-state index is 12.7. The predicted molar refractivity (Wildman–Crippen MR) is 130 cm³/mol. The summed E-state index contributed by atoms with van der Waals surface area (Å²) in [5.74, 6) is -2.57. The number of anilines is 2. The quantitative estimate of drug-likeness (QED) is 0.197. The van der Waals surface area contributed by atoms with E-state index in [9.17, 15) is 19.2 Å². The molecule has 190 valence electrons. The van der Waals surface area contributed by atoms with Crippen molar-refractivity contribution in [3.05, 3.63) is 47.2 Å². The fraction of sp³-hybridized carbons (Fsp3) is 0.304. The molecule has 0 fully saturated rings. The van der Waals surface area contributed by atoms with E-state index >= 15 is 0 Å². The van der Waals surface area contributed by atoms with E-state index in [1.807, 2.05) is 6.20 Å². The van der Waals surface area contributed by atoms with Crippen molar-refractivity contribution in [3.8, 4) is 0 Å². The van der Waals surface area contributed by atoms with E-state index < -0.39 is 36.3 Å². The molecule has 8 N–H and O–H groups in total. The van der Waals surface area contributed by atoms with E-state index in [0.717, 1.165) is 16.5 Å². The lowest BCUT2D eigenvalue weighted by molar-refractivity contribution is -0.143. The van der Waals surface area contributed by atoms with Gasteiger partial charge in [0.15, 0.2) is 0 Å². The van der Waals surface area contributed by atoms with Crippen LogP contribution < -0.4 is 22.1 Å². The van der Waals surface area contributed by atoms with Gasteiger partial charge in [0.25, 0.3) is 5.91 Å². The lowest BCUT2D eigenvalue weighted by Crippen LogP contribution is -2.42. The number of amides is 2. The predicted octanol–water partition coefficient (Wildman–Crippen LogP) is 0.160. The number of ether oxygens (including phenoxy) is 1. The lowest BCUT2D eigenvalue weighted by atomic mass is 10.0. The molecule has 1 atom stereocenters. The Bertz CT molecular complexity index is 1270. The van der Waals surface area contributed by atoms with Crippen molar-refractivity contribution >= 4 is 46.6 Å². The number of carboxylic acid groups (broad SMARTS) is 1. The molecule has 0 radical (unpaired) electrons. The van der Waals surface area contributed by atoms with Gasteiger partial charge in [-0.05, 0) is 42.5 Å². The van der Waals surface area contributed by atoms with Gasteiger partial charge in [0.1, 0.15) is 24.1 Å². The summed E-state index contributed by atoms with van der Waals surface area (Å²) in [6, 6.07) is 5.79. The number of aryl methyl sites for hydroxylation is 2. The summed E-state index contributed by atoms with van der Waals surface area (Å²) in [6.45, 7) is -0.531. The molecule has 2 heterocycles. The maximum Gasteiger partial charge on any atom is 0.328 e. The molecule has 13 heteroatoms. The Hall–Kier alpha value is -4.68. The van der Waals surface area contributed by atoms with Crippen molar-refractivity contribution in [1.82, 2.24) is 25.6 Å².